The first-order valence-electron chi connectivity index (χ1n) is 10.2. The van der Waals surface area contributed by atoms with E-state index in [0.717, 1.165) is 19.4 Å². The largest absolute Gasteiger partial charge is 0.357 e. The van der Waals surface area contributed by atoms with Crippen LogP contribution in [0.1, 0.15) is 44.7 Å². The van der Waals surface area contributed by atoms with E-state index in [1.54, 1.807) is 0 Å². The number of likely N-dealkylation sites (N-methyl/N-ethyl adjacent to an activating group) is 1. The molecule has 1 rings (SSSR count). The zero-order valence-corrected chi connectivity index (χ0v) is 22.2. The Morgan fingerprint density at radius 2 is 1.77 bits per heavy atom. The lowest BCUT2D eigenvalue weighted by Gasteiger charge is -2.32. The molecule has 0 aromatic heterocycles. The molecule has 1 unspecified atom stereocenters. The van der Waals surface area contributed by atoms with E-state index in [0.29, 0.717) is 35.6 Å². The number of sulfone groups is 1. The molecule has 1 aromatic carbocycles. The van der Waals surface area contributed by atoms with Gasteiger partial charge in [-0.25, -0.2) is 17.8 Å². The molecule has 1 aromatic rings. The molecule has 174 valence electrons. The number of halogens is 2. The molecule has 0 spiro atoms. The highest BCUT2D eigenvalue weighted by Gasteiger charge is 2.20. The van der Waals surface area contributed by atoms with E-state index in [1.165, 1.54) is 24.5 Å². The highest BCUT2D eigenvalue weighted by atomic mass is 127. The van der Waals surface area contributed by atoms with Crippen molar-refractivity contribution in [3.8, 4) is 0 Å². The lowest BCUT2D eigenvalue weighted by Crippen LogP contribution is -2.48. The van der Waals surface area contributed by atoms with Crippen LogP contribution in [0, 0.1) is 11.7 Å². The van der Waals surface area contributed by atoms with E-state index in [9.17, 15) is 12.8 Å². The summed E-state index contributed by atoms with van der Waals surface area (Å²) in [7, 11) is 0.949. The minimum atomic E-state index is -3.22. The quantitative estimate of drug-likeness (QED) is 0.248. The molecule has 0 amide bonds. The Bertz CT molecular complexity index is 768. The summed E-state index contributed by atoms with van der Waals surface area (Å²) in [6.07, 6.45) is 3.38. The number of aliphatic imine (C=N–C) groups is 1. The summed E-state index contributed by atoms with van der Waals surface area (Å²) in [6, 6.07) is 4.54. The zero-order chi connectivity index (χ0) is 22.0. The van der Waals surface area contributed by atoms with Crippen LogP contribution >= 0.6 is 24.0 Å². The average Bonchev–Trinajstić information content (AvgIpc) is 2.63. The topological polar surface area (TPSA) is 73.8 Å². The number of nitrogens with zero attached hydrogens (tertiary/aromatic N) is 2. The summed E-state index contributed by atoms with van der Waals surface area (Å²) < 4.78 is 37.1. The Hall–Kier alpha value is -0.940. The van der Waals surface area contributed by atoms with E-state index >= 15 is 0 Å². The third kappa shape index (κ3) is 10.4. The predicted octanol–water partition coefficient (Wildman–Crippen LogP) is 3.41. The number of nitrogens with one attached hydrogen (secondary N) is 2. The van der Waals surface area contributed by atoms with E-state index in [1.807, 2.05) is 6.92 Å². The first kappa shape index (κ1) is 29.1. The molecule has 0 aliphatic heterocycles. The van der Waals surface area contributed by atoms with Crippen molar-refractivity contribution in [1.82, 2.24) is 15.5 Å². The third-order valence-corrected chi connectivity index (χ3v) is 5.91. The van der Waals surface area contributed by atoms with E-state index in [4.69, 9.17) is 0 Å². The van der Waals surface area contributed by atoms with Gasteiger partial charge in [0.15, 0.2) is 15.8 Å². The Kier molecular flexibility index (Phi) is 13.7. The van der Waals surface area contributed by atoms with Gasteiger partial charge in [-0.3, -0.25) is 0 Å². The van der Waals surface area contributed by atoms with Gasteiger partial charge in [0.2, 0.25) is 0 Å². The van der Waals surface area contributed by atoms with Gasteiger partial charge in [0, 0.05) is 25.4 Å². The molecule has 0 bridgehead atoms. The second-order valence-electron chi connectivity index (χ2n) is 7.67. The highest BCUT2D eigenvalue weighted by Crippen LogP contribution is 2.17. The molecule has 0 saturated heterocycles. The fourth-order valence-corrected chi connectivity index (χ4v) is 4.32. The van der Waals surface area contributed by atoms with Crippen LogP contribution in [0.3, 0.4) is 0 Å². The van der Waals surface area contributed by atoms with Crippen molar-refractivity contribution >= 4 is 39.8 Å². The SMILES string of the molecule is CCNC(=NCc1cc(F)ccc1CS(C)(=O)=O)NCC(C(CC)CC)N(C)C.I. The van der Waals surface area contributed by atoms with Crippen LogP contribution in [0.25, 0.3) is 0 Å². The summed E-state index contributed by atoms with van der Waals surface area (Å²) in [5, 5.41) is 6.60. The maximum atomic E-state index is 13.7. The molecule has 0 radical (unpaired) electrons. The van der Waals surface area contributed by atoms with Gasteiger partial charge in [0.1, 0.15) is 5.82 Å². The molecule has 0 heterocycles. The second kappa shape index (κ2) is 14.2. The smallest absolute Gasteiger partial charge is 0.191 e. The Morgan fingerprint density at radius 1 is 1.13 bits per heavy atom. The molecule has 9 heteroatoms. The normalized spacial score (nSPS) is 13.3. The Labute approximate surface area is 199 Å². The van der Waals surface area contributed by atoms with E-state index in [-0.39, 0.29) is 36.3 Å². The van der Waals surface area contributed by atoms with Crippen molar-refractivity contribution in [2.24, 2.45) is 10.9 Å². The van der Waals surface area contributed by atoms with Crippen molar-refractivity contribution in [2.45, 2.75) is 52.0 Å². The van der Waals surface area contributed by atoms with Crippen molar-refractivity contribution in [2.75, 3.05) is 33.4 Å². The van der Waals surface area contributed by atoms with Crippen molar-refractivity contribution in [1.29, 1.82) is 0 Å². The average molecular weight is 557 g/mol. The molecule has 2 N–H and O–H groups in total. The number of benzene rings is 1. The zero-order valence-electron chi connectivity index (χ0n) is 19.0. The molecule has 1 atom stereocenters. The maximum Gasteiger partial charge on any atom is 0.191 e. The Morgan fingerprint density at radius 3 is 2.27 bits per heavy atom. The summed E-state index contributed by atoms with van der Waals surface area (Å²) in [5.41, 5.74) is 1.16. The summed E-state index contributed by atoms with van der Waals surface area (Å²) in [6.45, 7) is 8.04. The van der Waals surface area contributed by atoms with E-state index in [2.05, 4.69) is 48.5 Å². The van der Waals surface area contributed by atoms with Crippen LogP contribution in [-0.2, 0) is 22.1 Å². The van der Waals surface area contributed by atoms with Crippen LogP contribution in [-0.4, -0.2) is 58.8 Å². The van der Waals surface area contributed by atoms with E-state index < -0.39 is 15.7 Å². The third-order valence-electron chi connectivity index (χ3n) is 5.07. The molecule has 6 nitrogen and oxygen atoms in total. The van der Waals surface area contributed by atoms with Gasteiger partial charge >= 0.3 is 0 Å². The van der Waals surface area contributed by atoms with Crippen LogP contribution < -0.4 is 10.6 Å². The fraction of sp³-hybridized carbons (Fsp3) is 0.667. The number of rotatable bonds is 11. The summed E-state index contributed by atoms with van der Waals surface area (Å²) >= 11 is 0. The summed E-state index contributed by atoms with van der Waals surface area (Å²) in [5.74, 6) is 0.691. The van der Waals surface area contributed by atoms with Crippen molar-refractivity contribution in [3.63, 3.8) is 0 Å². The fourth-order valence-electron chi connectivity index (χ4n) is 3.48. The van der Waals surface area contributed by atoms with Crippen LogP contribution in [0.2, 0.25) is 0 Å². The van der Waals surface area contributed by atoms with Gasteiger partial charge in [-0.2, -0.15) is 0 Å². The second-order valence-corrected chi connectivity index (χ2v) is 9.81. The minimum Gasteiger partial charge on any atom is -0.357 e. The van der Waals surface area contributed by atoms with Crippen molar-refractivity contribution < 1.29 is 12.8 Å². The molecular weight excluding hydrogens is 518 g/mol. The number of guanidine groups is 1. The highest BCUT2D eigenvalue weighted by molar-refractivity contribution is 14.0. The number of hydrogen-bond donors (Lipinski definition) is 2. The molecule has 30 heavy (non-hydrogen) atoms. The number of hydrogen-bond acceptors (Lipinski definition) is 4. The van der Waals surface area contributed by atoms with Gasteiger partial charge in [-0.1, -0.05) is 32.8 Å². The van der Waals surface area contributed by atoms with Gasteiger partial charge in [-0.05, 0) is 50.2 Å². The minimum absolute atomic E-state index is 0. The molecule has 0 aliphatic carbocycles. The lowest BCUT2D eigenvalue weighted by atomic mass is 9.93. The van der Waals surface area contributed by atoms with Gasteiger partial charge in [0.25, 0.3) is 0 Å². The molecule has 0 aliphatic rings. The first-order chi connectivity index (χ1) is 13.6. The lowest BCUT2D eigenvalue weighted by molar-refractivity contribution is 0.200. The first-order valence-corrected chi connectivity index (χ1v) is 12.3. The van der Waals surface area contributed by atoms with Crippen LogP contribution in [0.15, 0.2) is 23.2 Å². The summed E-state index contributed by atoms with van der Waals surface area (Å²) in [4.78, 5) is 6.80. The van der Waals surface area contributed by atoms with Crippen LogP contribution in [0.4, 0.5) is 4.39 Å². The van der Waals surface area contributed by atoms with Crippen molar-refractivity contribution in [3.05, 3.63) is 35.1 Å². The Balaban J connectivity index is 0.00000841. The van der Waals surface area contributed by atoms with Gasteiger partial charge < -0.3 is 15.5 Å². The van der Waals surface area contributed by atoms with Gasteiger partial charge in [-0.15, -0.1) is 24.0 Å². The predicted molar refractivity (Wildman–Crippen MR) is 135 cm³/mol. The van der Waals surface area contributed by atoms with Crippen LogP contribution in [0.5, 0.6) is 0 Å². The molecule has 0 saturated carbocycles. The molecule has 0 fully saturated rings. The van der Waals surface area contributed by atoms with Gasteiger partial charge in [0.05, 0.1) is 12.3 Å². The maximum absolute atomic E-state index is 13.7. The monoisotopic (exact) mass is 556 g/mol. The standard InChI is InChI=1S/C21H37FN4O2S.HI/c1-7-16(8-2)20(26(4)5)14-25-21(23-9-3)24-13-18-12-19(22)11-10-17(18)15-29(6,27)28;/h10-12,16,20H,7-9,13-15H2,1-6H3,(H2,23,24,25);1H. The molecular formula is C21H38FIN4O2S.